The Morgan fingerprint density at radius 1 is 1.22 bits per heavy atom. The minimum atomic E-state index is -4.52. The van der Waals surface area contributed by atoms with Gasteiger partial charge in [0.1, 0.15) is 0 Å². The summed E-state index contributed by atoms with van der Waals surface area (Å²) in [6.45, 7) is 0. The summed E-state index contributed by atoms with van der Waals surface area (Å²) in [5.41, 5.74) is -1.20. The largest absolute Gasteiger partial charge is 0.418 e. The van der Waals surface area contributed by atoms with Gasteiger partial charge in [-0.25, -0.2) is 4.79 Å². The fourth-order valence-corrected chi connectivity index (χ4v) is 1.40. The van der Waals surface area contributed by atoms with Crippen LogP contribution in [0.4, 0.5) is 23.7 Å². The van der Waals surface area contributed by atoms with Crippen molar-refractivity contribution in [1.82, 2.24) is 9.78 Å². The van der Waals surface area contributed by atoms with Gasteiger partial charge in [0.25, 0.3) is 0 Å². The van der Waals surface area contributed by atoms with Crippen LogP contribution >= 0.6 is 0 Å². The number of halogens is 3. The number of para-hydroxylation sites is 1. The number of anilines is 1. The number of amides is 1. The molecular weight excluding hydrogens is 247 g/mol. The Morgan fingerprint density at radius 3 is 2.56 bits per heavy atom. The maximum atomic E-state index is 12.7. The van der Waals surface area contributed by atoms with Gasteiger partial charge in [0.2, 0.25) is 0 Å². The first kappa shape index (κ1) is 12.2. The van der Waals surface area contributed by atoms with Gasteiger partial charge in [-0.05, 0) is 18.2 Å². The zero-order chi connectivity index (χ0) is 13.2. The molecule has 0 unspecified atom stereocenters. The van der Waals surface area contributed by atoms with E-state index in [1.165, 1.54) is 36.7 Å². The molecule has 18 heavy (non-hydrogen) atoms. The van der Waals surface area contributed by atoms with Crippen LogP contribution in [0.3, 0.4) is 0 Å². The molecule has 0 bridgehead atoms. The van der Waals surface area contributed by atoms with Gasteiger partial charge < -0.3 is 5.32 Å². The number of benzene rings is 1. The summed E-state index contributed by atoms with van der Waals surface area (Å²) in [4.78, 5) is 11.6. The number of alkyl halides is 3. The van der Waals surface area contributed by atoms with Crippen LogP contribution in [0.1, 0.15) is 5.56 Å². The molecular formula is C11H8F3N3O. The van der Waals surface area contributed by atoms with E-state index < -0.39 is 17.8 Å². The summed E-state index contributed by atoms with van der Waals surface area (Å²) in [6, 6.07) is 5.50. The molecule has 0 aliphatic rings. The highest BCUT2D eigenvalue weighted by Gasteiger charge is 2.33. The normalized spacial score (nSPS) is 11.3. The third-order valence-electron chi connectivity index (χ3n) is 2.19. The lowest BCUT2D eigenvalue weighted by Crippen LogP contribution is -2.22. The van der Waals surface area contributed by atoms with E-state index in [1.54, 1.807) is 0 Å². The molecule has 0 aliphatic carbocycles. The van der Waals surface area contributed by atoms with Gasteiger partial charge in [-0.1, -0.05) is 12.1 Å². The van der Waals surface area contributed by atoms with E-state index in [2.05, 4.69) is 10.4 Å². The first-order chi connectivity index (χ1) is 8.48. The van der Waals surface area contributed by atoms with Crippen molar-refractivity contribution < 1.29 is 18.0 Å². The predicted molar refractivity (Wildman–Crippen MR) is 58.1 cm³/mol. The molecule has 2 aromatic rings. The Labute approximate surface area is 100 Å². The molecule has 2 rings (SSSR count). The summed E-state index contributed by atoms with van der Waals surface area (Å²) in [5, 5.41) is 5.79. The van der Waals surface area contributed by atoms with Gasteiger partial charge in [-0.2, -0.15) is 23.0 Å². The first-order valence-electron chi connectivity index (χ1n) is 4.96. The molecule has 1 aromatic heterocycles. The van der Waals surface area contributed by atoms with Crippen molar-refractivity contribution in [3.05, 3.63) is 48.3 Å². The molecule has 94 valence electrons. The van der Waals surface area contributed by atoms with Gasteiger partial charge >= 0.3 is 12.2 Å². The van der Waals surface area contributed by atoms with Crippen molar-refractivity contribution in [2.24, 2.45) is 0 Å². The number of aromatic nitrogens is 2. The Balaban J connectivity index is 2.27. The topological polar surface area (TPSA) is 46.9 Å². The monoisotopic (exact) mass is 255 g/mol. The van der Waals surface area contributed by atoms with Crippen LogP contribution in [-0.2, 0) is 6.18 Å². The van der Waals surface area contributed by atoms with Crippen molar-refractivity contribution >= 4 is 11.7 Å². The van der Waals surface area contributed by atoms with Crippen LogP contribution in [0.25, 0.3) is 0 Å². The number of hydrogen-bond donors (Lipinski definition) is 1. The van der Waals surface area contributed by atoms with E-state index in [1.807, 2.05) is 0 Å². The zero-order valence-electron chi connectivity index (χ0n) is 8.98. The molecule has 0 spiro atoms. The van der Waals surface area contributed by atoms with E-state index in [-0.39, 0.29) is 5.69 Å². The van der Waals surface area contributed by atoms with E-state index in [0.717, 1.165) is 10.7 Å². The maximum absolute atomic E-state index is 12.7. The summed E-state index contributed by atoms with van der Waals surface area (Å²) < 4.78 is 38.9. The van der Waals surface area contributed by atoms with Gasteiger partial charge in [-0.15, -0.1) is 0 Å². The predicted octanol–water partition coefficient (Wildman–Crippen LogP) is 2.98. The smallest absolute Gasteiger partial charge is 0.305 e. The Hall–Kier alpha value is -2.31. The molecule has 0 saturated carbocycles. The van der Waals surface area contributed by atoms with Crippen LogP contribution < -0.4 is 5.32 Å². The van der Waals surface area contributed by atoms with Crippen LogP contribution in [0.5, 0.6) is 0 Å². The van der Waals surface area contributed by atoms with E-state index in [4.69, 9.17) is 0 Å². The second-order valence-corrected chi connectivity index (χ2v) is 3.42. The third-order valence-corrected chi connectivity index (χ3v) is 2.19. The summed E-state index contributed by atoms with van der Waals surface area (Å²) >= 11 is 0. The molecule has 1 amide bonds. The molecule has 7 heteroatoms. The first-order valence-corrected chi connectivity index (χ1v) is 4.96. The molecule has 4 nitrogen and oxygen atoms in total. The number of hydrogen-bond acceptors (Lipinski definition) is 2. The van der Waals surface area contributed by atoms with Crippen molar-refractivity contribution in [2.45, 2.75) is 6.18 Å². The second kappa shape index (κ2) is 4.52. The molecule has 0 radical (unpaired) electrons. The lowest BCUT2D eigenvalue weighted by atomic mass is 10.1. The highest BCUT2D eigenvalue weighted by molar-refractivity contribution is 5.91. The van der Waals surface area contributed by atoms with E-state index in [9.17, 15) is 18.0 Å². The van der Waals surface area contributed by atoms with Crippen LogP contribution in [0.15, 0.2) is 42.7 Å². The molecule has 1 aromatic carbocycles. The van der Waals surface area contributed by atoms with Gasteiger partial charge in [-0.3, -0.25) is 0 Å². The SMILES string of the molecule is O=C(Nc1ccccc1C(F)(F)F)n1cccn1. The second-order valence-electron chi connectivity index (χ2n) is 3.42. The highest BCUT2D eigenvalue weighted by Crippen LogP contribution is 2.34. The summed E-state index contributed by atoms with van der Waals surface area (Å²) in [5.74, 6) is 0. The van der Waals surface area contributed by atoms with Crippen molar-refractivity contribution in [3.8, 4) is 0 Å². The molecule has 0 fully saturated rings. The van der Waals surface area contributed by atoms with E-state index in [0.29, 0.717) is 0 Å². The molecule has 0 aliphatic heterocycles. The Morgan fingerprint density at radius 2 is 1.94 bits per heavy atom. The van der Waals surface area contributed by atoms with E-state index >= 15 is 0 Å². The number of nitrogens with zero attached hydrogens (tertiary/aromatic N) is 2. The van der Waals surface area contributed by atoms with Gasteiger partial charge in [0.05, 0.1) is 11.3 Å². The average Bonchev–Trinajstić information content (AvgIpc) is 2.81. The van der Waals surface area contributed by atoms with Crippen molar-refractivity contribution in [3.63, 3.8) is 0 Å². The van der Waals surface area contributed by atoms with Crippen LogP contribution in [0.2, 0.25) is 0 Å². The minimum Gasteiger partial charge on any atom is -0.305 e. The minimum absolute atomic E-state index is 0.300. The lowest BCUT2D eigenvalue weighted by molar-refractivity contribution is -0.136. The summed E-state index contributed by atoms with van der Waals surface area (Å²) in [6.07, 6.45) is -1.82. The molecule has 0 atom stereocenters. The fourth-order valence-electron chi connectivity index (χ4n) is 1.40. The standard InChI is InChI=1S/C11H8F3N3O/c12-11(13,14)8-4-1-2-5-9(8)16-10(18)17-7-3-6-15-17/h1-7H,(H,16,18). The van der Waals surface area contributed by atoms with Gasteiger partial charge in [0, 0.05) is 12.4 Å². The number of nitrogens with one attached hydrogen (secondary N) is 1. The number of rotatable bonds is 1. The Bertz CT molecular complexity index is 549. The maximum Gasteiger partial charge on any atom is 0.418 e. The average molecular weight is 255 g/mol. The Kier molecular flexibility index (Phi) is 3.05. The molecule has 1 N–H and O–H groups in total. The van der Waals surface area contributed by atoms with Crippen LogP contribution in [-0.4, -0.2) is 15.8 Å². The summed E-state index contributed by atoms with van der Waals surface area (Å²) in [7, 11) is 0. The third kappa shape index (κ3) is 2.50. The molecule has 1 heterocycles. The molecule has 0 saturated heterocycles. The highest BCUT2D eigenvalue weighted by atomic mass is 19.4. The van der Waals surface area contributed by atoms with Gasteiger partial charge in [0.15, 0.2) is 0 Å². The lowest BCUT2D eigenvalue weighted by Gasteiger charge is -2.13. The van der Waals surface area contributed by atoms with Crippen molar-refractivity contribution in [2.75, 3.05) is 5.32 Å². The zero-order valence-corrected chi connectivity index (χ0v) is 8.98. The number of carbonyl (C=O) groups is 1. The van der Waals surface area contributed by atoms with Crippen LogP contribution in [0, 0.1) is 0 Å². The van der Waals surface area contributed by atoms with Crippen molar-refractivity contribution in [1.29, 1.82) is 0 Å². The fraction of sp³-hybridized carbons (Fsp3) is 0.0909. The number of carbonyl (C=O) groups excluding carboxylic acids is 1. The quantitative estimate of drug-likeness (QED) is 0.851.